The number of rotatable bonds is 0. The number of hydrogen-bond acceptors (Lipinski definition) is 3. The third-order valence-electron chi connectivity index (χ3n) is 5.29. The summed E-state index contributed by atoms with van der Waals surface area (Å²) in [6, 6.07) is 0. The molecule has 1 saturated carbocycles. The molecule has 1 heterocycles. The molecule has 4 atom stereocenters. The average Bonchev–Trinajstić information content (AvgIpc) is 2.50. The minimum absolute atomic E-state index is 0.140. The third kappa shape index (κ3) is 1.37. The summed E-state index contributed by atoms with van der Waals surface area (Å²) in [4.78, 5) is 11.6. The van der Waals surface area contributed by atoms with Gasteiger partial charge in [0.25, 0.3) is 0 Å². The Kier molecular flexibility index (Phi) is 2.31. The molecule has 1 saturated heterocycles. The lowest BCUT2D eigenvalue weighted by Gasteiger charge is -2.51. The molecule has 0 unspecified atom stereocenters. The van der Waals surface area contributed by atoms with Crippen LogP contribution >= 0.6 is 0 Å². The molecule has 1 N–H and O–H groups in total. The van der Waals surface area contributed by atoms with Crippen molar-refractivity contribution < 1.29 is 14.6 Å². The first-order chi connectivity index (χ1) is 8.37. The van der Waals surface area contributed by atoms with Crippen LogP contribution in [0.5, 0.6) is 0 Å². The van der Waals surface area contributed by atoms with Gasteiger partial charge in [-0.05, 0) is 43.9 Å². The number of aliphatic hydroxyl groups is 1. The van der Waals surface area contributed by atoms with Gasteiger partial charge in [0.2, 0.25) is 0 Å². The SMILES string of the molecule is C=C1C(=O)O[C@H]2C[C@]3(C)CCC=C(C)[C@H]3C[C@@]12O. The summed E-state index contributed by atoms with van der Waals surface area (Å²) in [5.74, 6) is -0.0925. The molecule has 0 radical (unpaired) electrons. The van der Waals surface area contributed by atoms with E-state index in [2.05, 4.69) is 26.5 Å². The standard InChI is InChI=1S/C15H20O3/c1-9-5-4-6-14(3)8-12-15(17,7-11(9)14)10(2)13(16)18-12/h5,11-12,17H,2,4,6-8H2,1,3H3/t11-,12+,14+,15-/m1/s1. The van der Waals surface area contributed by atoms with Crippen molar-refractivity contribution >= 4 is 5.97 Å². The molecular formula is C15H20O3. The van der Waals surface area contributed by atoms with Crippen LogP contribution in [-0.4, -0.2) is 22.8 Å². The zero-order valence-electron chi connectivity index (χ0n) is 11.0. The van der Waals surface area contributed by atoms with Gasteiger partial charge in [-0.2, -0.15) is 0 Å². The van der Waals surface area contributed by atoms with Crippen LogP contribution in [0.4, 0.5) is 0 Å². The molecule has 2 fully saturated rings. The maximum atomic E-state index is 11.6. The van der Waals surface area contributed by atoms with E-state index in [4.69, 9.17) is 4.74 Å². The van der Waals surface area contributed by atoms with Crippen LogP contribution in [0.25, 0.3) is 0 Å². The van der Waals surface area contributed by atoms with E-state index in [1.54, 1.807) is 0 Å². The minimum atomic E-state index is -1.15. The van der Waals surface area contributed by atoms with E-state index in [9.17, 15) is 9.90 Å². The second-order valence-electron chi connectivity index (χ2n) is 6.40. The number of allylic oxidation sites excluding steroid dienone is 2. The van der Waals surface area contributed by atoms with Crippen molar-refractivity contribution in [2.75, 3.05) is 0 Å². The zero-order chi connectivity index (χ0) is 13.1. The molecule has 1 aliphatic heterocycles. The number of hydrogen-bond donors (Lipinski definition) is 1. The quantitative estimate of drug-likeness (QED) is 0.406. The van der Waals surface area contributed by atoms with Gasteiger partial charge in [0.05, 0.1) is 5.57 Å². The van der Waals surface area contributed by atoms with E-state index in [0.717, 1.165) is 19.3 Å². The van der Waals surface area contributed by atoms with Crippen molar-refractivity contribution in [3.8, 4) is 0 Å². The summed E-state index contributed by atoms with van der Waals surface area (Å²) in [6.07, 6.45) is 5.36. The number of esters is 1. The lowest BCUT2D eigenvalue weighted by molar-refractivity contribution is -0.149. The van der Waals surface area contributed by atoms with Gasteiger partial charge in [-0.25, -0.2) is 4.79 Å². The van der Waals surface area contributed by atoms with Gasteiger partial charge in [0.1, 0.15) is 11.7 Å². The first-order valence-corrected chi connectivity index (χ1v) is 6.66. The van der Waals surface area contributed by atoms with E-state index in [1.807, 2.05) is 0 Å². The Balaban J connectivity index is 2.01. The van der Waals surface area contributed by atoms with Gasteiger partial charge >= 0.3 is 5.97 Å². The summed E-state index contributed by atoms with van der Waals surface area (Å²) in [6.45, 7) is 8.12. The normalized spacial score (nSPS) is 47.2. The molecule has 3 heteroatoms. The summed E-state index contributed by atoms with van der Waals surface area (Å²) >= 11 is 0. The molecule has 2 aliphatic carbocycles. The molecule has 0 aromatic carbocycles. The van der Waals surface area contributed by atoms with Crippen LogP contribution in [0.15, 0.2) is 23.8 Å². The maximum Gasteiger partial charge on any atom is 0.336 e. The first kappa shape index (κ1) is 12.0. The topological polar surface area (TPSA) is 46.5 Å². The zero-order valence-corrected chi connectivity index (χ0v) is 11.0. The molecule has 0 aromatic rings. The molecule has 3 nitrogen and oxygen atoms in total. The number of fused-ring (bicyclic) bond motifs is 2. The Bertz CT molecular complexity index is 464. The maximum absolute atomic E-state index is 11.6. The largest absolute Gasteiger partial charge is 0.455 e. The van der Waals surface area contributed by atoms with Crippen LogP contribution in [0.1, 0.15) is 39.5 Å². The van der Waals surface area contributed by atoms with E-state index in [-0.39, 0.29) is 11.0 Å². The molecule has 18 heavy (non-hydrogen) atoms. The minimum Gasteiger partial charge on any atom is -0.455 e. The molecule has 3 rings (SSSR count). The van der Waals surface area contributed by atoms with Gasteiger partial charge in [0, 0.05) is 0 Å². The summed E-state index contributed by atoms with van der Waals surface area (Å²) in [5, 5.41) is 10.7. The Morgan fingerprint density at radius 3 is 2.94 bits per heavy atom. The summed E-state index contributed by atoms with van der Waals surface area (Å²) in [5.41, 5.74) is 0.574. The lowest BCUT2D eigenvalue weighted by atomic mass is 9.55. The van der Waals surface area contributed by atoms with Crippen LogP contribution in [-0.2, 0) is 9.53 Å². The number of ether oxygens (including phenoxy) is 1. The van der Waals surface area contributed by atoms with Crippen molar-refractivity contribution in [3.05, 3.63) is 23.8 Å². The Morgan fingerprint density at radius 2 is 2.22 bits per heavy atom. The van der Waals surface area contributed by atoms with Crippen LogP contribution in [0.2, 0.25) is 0 Å². The van der Waals surface area contributed by atoms with Gasteiger partial charge < -0.3 is 9.84 Å². The van der Waals surface area contributed by atoms with Crippen molar-refractivity contribution in [1.82, 2.24) is 0 Å². The van der Waals surface area contributed by atoms with Gasteiger partial charge in [0.15, 0.2) is 0 Å². The fraction of sp³-hybridized carbons (Fsp3) is 0.667. The first-order valence-electron chi connectivity index (χ1n) is 6.66. The number of carbonyl (C=O) groups is 1. The smallest absolute Gasteiger partial charge is 0.336 e. The van der Waals surface area contributed by atoms with Gasteiger partial charge in [-0.3, -0.25) is 0 Å². The fourth-order valence-corrected chi connectivity index (χ4v) is 4.02. The van der Waals surface area contributed by atoms with Crippen molar-refractivity contribution in [3.63, 3.8) is 0 Å². The molecule has 0 bridgehead atoms. The van der Waals surface area contributed by atoms with E-state index < -0.39 is 17.7 Å². The van der Waals surface area contributed by atoms with Crippen molar-refractivity contribution in [1.29, 1.82) is 0 Å². The molecule has 98 valence electrons. The molecule has 0 aromatic heterocycles. The predicted octanol–water partition coefficient (Wildman–Crippen LogP) is 2.36. The fourth-order valence-electron chi connectivity index (χ4n) is 4.02. The molecule has 0 spiro atoms. The van der Waals surface area contributed by atoms with E-state index >= 15 is 0 Å². The predicted molar refractivity (Wildman–Crippen MR) is 67.8 cm³/mol. The molecular weight excluding hydrogens is 228 g/mol. The third-order valence-corrected chi connectivity index (χ3v) is 5.29. The average molecular weight is 248 g/mol. The highest BCUT2D eigenvalue weighted by Gasteiger charge is 2.60. The monoisotopic (exact) mass is 248 g/mol. The van der Waals surface area contributed by atoms with Crippen molar-refractivity contribution in [2.45, 2.75) is 51.2 Å². The van der Waals surface area contributed by atoms with Crippen LogP contribution < -0.4 is 0 Å². The van der Waals surface area contributed by atoms with Crippen LogP contribution in [0.3, 0.4) is 0 Å². The molecule has 3 aliphatic rings. The van der Waals surface area contributed by atoms with E-state index in [0.29, 0.717) is 12.3 Å². The Hall–Kier alpha value is -1.09. The van der Waals surface area contributed by atoms with Gasteiger partial charge in [-0.15, -0.1) is 0 Å². The van der Waals surface area contributed by atoms with Crippen molar-refractivity contribution in [2.24, 2.45) is 11.3 Å². The summed E-state index contributed by atoms with van der Waals surface area (Å²) < 4.78 is 5.32. The molecule has 0 amide bonds. The highest BCUT2D eigenvalue weighted by molar-refractivity contribution is 5.93. The second kappa shape index (κ2) is 3.47. The Morgan fingerprint density at radius 1 is 1.50 bits per heavy atom. The summed E-state index contributed by atoms with van der Waals surface area (Å²) in [7, 11) is 0. The highest BCUT2D eigenvalue weighted by Crippen LogP contribution is 2.56. The highest BCUT2D eigenvalue weighted by atomic mass is 16.6. The van der Waals surface area contributed by atoms with Crippen LogP contribution in [0, 0.1) is 11.3 Å². The Labute approximate surface area is 108 Å². The lowest BCUT2D eigenvalue weighted by Crippen LogP contribution is -2.53. The van der Waals surface area contributed by atoms with Gasteiger partial charge in [-0.1, -0.05) is 25.2 Å². The van der Waals surface area contributed by atoms with E-state index in [1.165, 1.54) is 5.57 Å². The second-order valence-corrected chi connectivity index (χ2v) is 6.40. The number of carbonyl (C=O) groups excluding carboxylic acids is 1.